The summed E-state index contributed by atoms with van der Waals surface area (Å²) in [5.74, 6) is -8.93. The van der Waals surface area contributed by atoms with Gasteiger partial charge in [0.2, 0.25) is 5.91 Å². The molecule has 3 aromatic rings. The molecule has 0 aromatic heterocycles. The Balaban J connectivity index is 2.36. The fraction of sp³-hybridized carbons (Fsp3) is 0.345. The molecule has 3 rings (SSSR count). The van der Waals surface area contributed by atoms with Crippen LogP contribution in [-0.4, -0.2) is 24.4 Å². The number of carbonyl (C=O) groups is 1. The molecular weight excluding hydrogens is 603 g/mol. The SMILES string of the molecule is CC(C)Oc1cc([C@@](Cc2ccccc2)(NC(=O)CC(C(F)(F)F)C(F)(F)F)c2cc(F)cc(C(F)(F)F)c2)ccc1F. The Morgan fingerprint density at radius 3 is 1.88 bits per heavy atom. The molecule has 14 heteroatoms. The quantitative estimate of drug-likeness (QED) is 0.242. The third kappa shape index (κ3) is 8.38. The highest BCUT2D eigenvalue weighted by atomic mass is 19.4. The van der Waals surface area contributed by atoms with Crippen LogP contribution in [0.5, 0.6) is 5.75 Å². The van der Waals surface area contributed by atoms with E-state index in [9.17, 15) is 53.1 Å². The Morgan fingerprint density at radius 1 is 0.767 bits per heavy atom. The summed E-state index contributed by atoms with van der Waals surface area (Å²) in [5.41, 5.74) is -4.78. The highest BCUT2D eigenvalue weighted by Gasteiger charge is 2.57. The topological polar surface area (TPSA) is 38.3 Å². The van der Waals surface area contributed by atoms with Gasteiger partial charge in [-0.15, -0.1) is 0 Å². The number of carbonyl (C=O) groups excluding carboxylic acids is 1. The van der Waals surface area contributed by atoms with E-state index in [0.29, 0.717) is 12.1 Å². The number of amides is 1. The molecule has 0 spiro atoms. The monoisotopic (exact) mass is 627 g/mol. The van der Waals surface area contributed by atoms with Gasteiger partial charge in [-0.25, -0.2) is 8.78 Å². The van der Waals surface area contributed by atoms with Crippen molar-refractivity contribution in [3.05, 3.63) is 101 Å². The zero-order valence-electron chi connectivity index (χ0n) is 22.4. The first-order valence-corrected chi connectivity index (χ1v) is 12.6. The van der Waals surface area contributed by atoms with Gasteiger partial charge < -0.3 is 10.1 Å². The first-order valence-electron chi connectivity index (χ1n) is 12.6. The lowest BCUT2D eigenvalue weighted by Gasteiger charge is -2.38. The maximum absolute atomic E-state index is 14.7. The molecule has 1 amide bonds. The van der Waals surface area contributed by atoms with Gasteiger partial charge in [0.15, 0.2) is 17.5 Å². The van der Waals surface area contributed by atoms with E-state index in [0.717, 1.165) is 18.2 Å². The maximum atomic E-state index is 14.7. The molecule has 0 fully saturated rings. The molecule has 43 heavy (non-hydrogen) atoms. The molecule has 0 aliphatic rings. The molecule has 3 aromatic carbocycles. The minimum atomic E-state index is -5.91. The van der Waals surface area contributed by atoms with Gasteiger partial charge in [0, 0.05) is 12.8 Å². The van der Waals surface area contributed by atoms with Gasteiger partial charge in [-0.2, -0.15) is 39.5 Å². The van der Waals surface area contributed by atoms with E-state index in [-0.39, 0.29) is 17.2 Å². The molecule has 234 valence electrons. The number of rotatable bonds is 9. The molecule has 0 saturated heterocycles. The molecule has 0 unspecified atom stereocenters. The summed E-state index contributed by atoms with van der Waals surface area (Å²) >= 11 is 0. The van der Waals surface area contributed by atoms with Gasteiger partial charge in [-0.3, -0.25) is 4.79 Å². The number of benzene rings is 3. The molecule has 0 heterocycles. The largest absolute Gasteiger partial charge is 0.488 e. The number of ether oxygens (including phenoxy) is 1. The molecule has 1 N–H and O–H groups in total. The lowest BCUT2D eigenvalue weighted by atomic mass is 9.77. The third-order valence-corrected chi connectivity index (χ3v) is 6.35. The fourth-order valence-corrected chi connectivity index (χ4v) is 4.47. The first-order chi connectivity index (χ1) is 19.7. The van der Waals surface area contributed by atoms with Crippen LogP contribution in [0.25, 0.3) is 0 Å². The lowest BCUT2D eigenvalue weighted by molar-refractivity contribution is -0.284. The van der Waals surface area contributed by atoms with Gasteiger partial charge in [0.1, 0.15) is 5.82 Å². The summed E-state index contributed by atoms with van der Waals surface area (Å²) in [6, 6.07) is 11.1. The first kappa shape index (κ1) is 33.7. The molecule has 0 bridgehead atoms. The molecule has 0 aliphatic heterocycles. The van der Waals surface area contributed by atoms with Crippen LogP contribution >= 0.6 is 0 Å². The molecule has 0 saturated carbocycles. The molecule has 1 atom stereocenters. The minimum absolute atomic E-state index is 0.125. The van der Waals surface area contributed by atoms with Crippen LogP contribution in [0.1, 0.15) is 42.5 Å². The molecule has 0 radical (unpaired) electrons. The smallest absolute Gasteiger partial charge is 0.416 e. The minimum Gasteiger partial charge on any atom is -0.488 e. The number of alkyl halides is 9. The van der Waals surface area contributed by atoms with Gasteiger partial charge >= 0.3 is 18.5 Å². The van der Waals surface area contributed by atoms with Gasteiger partial charge in [-0.05, 0) is 60.9 Å². The Labute approximate surface area is 238 Å². The standard InChI is InChI=1S/C29H24F11NO2/c1-16(2)43-23-13-18(8-9-22(23)31)26(15-17-6-4-3-5-7-17,19-10-20(27(32,33)34)12-21(30)11-19)41-25(42)14-24(28(35,36)37)29(38,39)40/h3-13,16,24H,14-15H2,1-2H3,(H,41,42)/t26-/m1/s1. The van der Waals surface area contributed by atoms with Crippen molar-refractivity contribution < 1.29 is 57.8 Å². The van der Waals surface area contributed by atoms with Crippen molar-refractivity contribution in [2.24, 2.45) is 5.92 Å². The van der Waals surface area contributed by atoms with E-state index in [4.69, 9.17) is 4.74 Å². The maximum Gasteiger partial charge on any atom is 0.416 e. The second-order valence-corrected chi connectivity index (χ2v) is 9.99. The summed E-state index contributed by atoms with van der Waals surface area (Å²) in [5, 5.41) is 2.04. The van der Waals surface area contributed by atoms with Crippen molar-refractivity contribution in [2.75, 3.05) is 0 Å². The molecule has 0 aliphatic carbocycles. The molecular formula is C29H24F11NO2. The third-order valence-electron chi connectivity index (χ3n) is 6.35. The predicted molar refractivity (Wildman–Crippen MR) is 133 cm³/mol. The predicted octanol–water partition coefficient (Wildman–Crippen LogP) is 8.50. The molecule has 3 nitrogen and oxygen atoms in total. The van der Waals surface area contributed by atoms with Crippen LogP contribution < -0.4 is 10.1 Å². The number of hydrogen-bond acceptors (Lipinski definition) is 2. The van der Waals surface area contributed by atoms with E-state index in [1.54, 1.807) is 0 Å². The van der Waals surface area contributed by atoms with Crippen LogP contribution in [-0.2, 0) is 22.9 Å². The van der Waals surface area contributed by atoms with Crippen molar-refractivity contribution in [2.45, 2.75) is 56.9 Å². The second kappa shape index (κ2) is 12.4. The van der Waals surface area contributed by atoms with E-state index < -0.39 is 83.3 Å². The Hall–Kier alpha value is -3.84. The average Bonchev–Trinajstić information content (AvgIpc) is 2.86. The van der Waals surface area contributed by atoms with Crippen molar-refractivity contribution in [1.82, 2.24) is 5.32 Å². The van der Waals surface area contributed by atoms with Crippen molar-refractivity contribution >= 4 is 5.91 Å². The van der Waals surface area contributed by atoms with Crippen molar-refractivity contribution in [3.8, 4) is 5.75 Å². The Morgan fingerprint density at radius 2 is 1.35 bits per heavy atom. The summed E-state index contributed by atoms with van der Waals surface area (Å²) < 4.78 is 156. The zero-order valence-corrected chi connectivity index (χ0v) is 22.4. The highest BCUT2D eigenvalue weighted by molar-refractivity contribution is 5.78. The van der Waals surface area contributed by atoms with Gasteiger partial charge in [0.25, 0.3) is 0 Å². The summed E-state index contributed by atoms with van der Waals surface area (Å²) in [4.78, 5) is 13.1. The zero-order chi connectivity index (χ0) is 32.4. The normalized spacial score (nSPS) is 14.1. The lowest BCUT2D eigenvalue weighted by Crippen LogP contribution is -2.51. The summed E-state index contributed by atoms with van der Waals surface area (Å²) in [7, 11) is 0. The average molecular weight is 627 g/mol. The van der Waals surface area contributed by atoms with Crippen molar-refractivity contribution in [1.29, 1.82) is 0 Å². The number of hydrogen-bond donors (Lipinski definition) is 1. The van der Waals surface area contributed by atoms with Crippen LogP contribution in [0.4, 0.5) is 48.3 Å². The fourth-order valence-electron chi connectivity index (χ4n) is 4.47. The van der Waals surface area contributed by atoms with E-state index in [1.807, 2.05) is 5.32 Å². The highest BCUT2D eigenvalue weighted by Crippen LogP contribution is 2.43. The Kier molecular flexibility index (Phi) is 9.71. The Bertz CT molecular complexity index is 1400. The number of halogens is 11. The van der Waals surface area contributed by atoms with Crippen LogP contribution in [0.2, 0.25) is 0 Å². The van der Waals surface area contributed by atoms with Crippen molar-refractivity contribution in [3.63, 3.8) is 0 Å². The van der Waals surface area contributed by atoms with Crippen LogP contribution in [0.3, 0.4) is 0 Å². The summed E-state index contributed by atoms with van der Waals surface area (Å²) in [6.45, 7) is 3.00. The van der Waals surface area contributed by atoms with E-state index >= 15 is 0 Å². The number of nitrogens with one attached hydrogen (secondary N) is 1. The van der Waals surface area contributed by atoms with Crippen LogP contribution in [0, 0.1) is 17.6 Å². The van der Waals surface area contributed by atoms with Gasteiger partial charge in [0.05, 0.1) is 17.2 Å². The summed E-state index contributed by atoms with van der Waals surface area (Å²) in [6.07, 6.45) is -20.4. The van der Waals surface area contributed by atoms with E-state index in [2.05, 4.69) is 0 Å². The second-order valence-electron chi connectivity index (χ2n) is 9.99. The van der Waals surface area contributed by atoms with Crippen LogP contribution in [0.15, 0.2) is 66.7 Å². The van der Waals surface area contributed by atoms with Gasteiger partial charge in [-0.1, -0.05) is 36.4 Å². The van der Waals surface area contributed by atoms with E-state index in [1.165, 1.54) is 44.2 Å².